The molecule has 2 heterocycles. The van der Waals surface area contributed by atoms with E-state index in [4.69, 9.17) is 0 Å². The molecular formula is C16H30N2O2. The fraction of sp³-hybridized carbons (Fsp3) is 0.875. The second kappa shape index (κ2) is 10.1. The van der Waals surface area contributed by atoms with Crippen LogP contribution in [0.5, 0.6) is 0 Å². The predicted octanol–water partition coefficient (Wildman–Crippen LogP) is 2.12. The molecule has 0 saturated carbocycles. The third kappa shape index (κ3) is 7.15. The number of piperidine rings is 2. The minimum atomic E-state index is 0.416. The largest absolute Gasteiger partial charge is 0.302 e. The first-order valence-electron chi connectivity index (χ1n) is 8.13. The summed E-state index contributed by atoms with van der Waals surface area (Å²) in [7, 11) is 0. The van der Waals surface area contributed by atoms with Gasteiger partial charge in [-0.15, -0.1) is 0 Å². The Hall–Kier alpha value is -0.740. The van der Waals surface area contributed by atoms with Gasteiger partial charge in [-0.2, -0.15) is 0 Å². The standard InChI is InChI=1S/2C8H15NO/c1-2-5-9-6-3-8(10)4-7-9;1-2-5-9-6-3-4-8(10)7-9/h2*2-7H2,1H3. The van der Waals surface area contributed by atoms with Gasteiger partial charge in [0.05, 0.1) is 6.54 Å². The monoisotopic (exact) mass is 282 g/mol. The second-order valence-corrected chi connectivity index (χ2v) is 5.80. The van der Waals surface area contributed by atoms with E-state index in [0.717, 1.165) is 64.8 Å². The summed E-state index contributed by atoms with van der Waals surface area (Å²) in [5.74, 6) is 0.854. The zero-order valence-electron chi connectivity index (χ0n) is 13.2. The highest BCUT2D eigenvalue weighted by atomic mass is 16.1. The zero-order chi connectivity index (χ0) is 14.8. The van der Waals surface area contributed by atoms with Crippen molar-refractivity contribution >= 4 is 11.6 Å². The van der Waals surface area contributed by atoms with Gasteiger partial charge in [0, 0.05) is 32.4 Å². The van der Waals surface area contributed by atoms with Crippen molar-refractivity contribution in [3.8, 4) is 0 Å². The predicted molar refractivity (Wildman–Crippen MR) is 81.9 cm³/mol. The molecule has 0 bridgehead atoms. The van der Waals surface area contributed by atoms with Gasteiger partial charge in [-0.3, -0.25) is 14.5 Å². The van der Waals surface area contributed by atoms with E-state index in [1.807, 2.05) is 0 Å². The maximum Gasteiger partial charge on any atom is 0.146 e. The van der Waals surface area contributed by atoms with Crippen LogP contribution in [0.4, 0.5) is 0 Å². The molecule has 0 atom stereocenters. The molecule has 2 saturated heterocycles. The fourth-order valence-electron chi connectivity index (χ4n) is 2.76. The van der Waals surface area contributed by atoms with Crippen molar-refractivity contribution in [1.82, 2.24) is 9.80 Å². The van der Waals surface area contributed by atoms with E-state index in [1.165, 1.54) is 6.42 Å². The lowest BCUT2D eigenvalue weighted by Crippen LogP contribution is -2.35. The van der Waals surface area contributed by atoms with Gasteiger partial charge in [0.2, 0.25) is 0 Å². The Morgan fingerprint density at radius 1 is 0.800 bits per heavy atom. The van der Waals surface area contributed by atoms with Crippen LogP contribution in [-0.2, 0) is 9.59 Å². The number of hydrogen-bond acceptors (Lipinski definition) is 4. The Labute approximate surface area is 123 Å². The fourth-order valence-corrected chi connectivity index (χ4v) is 2.76. The number of Topliss-reactive ketones (excluding diaryl/α,β-unsaturated/α-hetero) is 2. The van der Waals surface area contributed by atoms with Crippen LogP contribution in [0.2, 0.25) is 0 Å². The SMILES string of the molecule is CCCN1CCC(=O)CC1.CCCN1CCCC(=O)C1. The van der Waals surface area contributed by atoms with Crippen LogP contribution in [0.15, 0.2) is 0 Å². The molecule has 0 amide bonds. The van der Waals surface area contributed by atoms with E-state index in [1.54, 1.807) is 0 Å². The van der Waals surface area contributed by atoms with Crippen LogP contribution >= 0.6 is 0 Å². The summed E-state index contributed by atoms with van der Waals surface area (Å²) >= 11 is 0. The summed E-state index contributed by atoms with van der Waals surface area (Å²) in [6.07, 6.45) is 5.79. The number of nitrogens with zero attached hydrogens (tertiary/aromatic N) is 2. The van der Waals surface area contributed by atoms with Gasteiger partial charge in [-0.05, 0) is 38.9 Å². The van der Waals surface area contributed by atoms with Gasteiger partial charge in [0.15, 0.2) is 0 Å². The number of carbonyl (C=O) groups is 2. The molecule has 0 aromatic carbocycles. The van der Waals surface area contributed by atoms with Crippen LogP contribution in [0.25, 0.3) is 0 Å². The molecular weight excluding hydrogens is 252 g/mol. The molecule has 0 unspecified atom stereocenters. The molecule has 0 aromatic rings. The van der Waals surface area contributed by atoms with Gasteiger partial charge in [0.25, 0.3) is 0 Å². The highest BCUT2D eigenvalue weighted by molar-refractivity contribution is 5.81. The number of likely N-dealkylation sites (tertiary alicyclic amines) is 2. The molecule has 0 aliphatic carbocycles. The van der Waals surface area contributed by atoms with Crippen molar-refractivity contribution in [3.05, 3.63) is 0 Å². The maximum atomic E-state index is 10.9. The zero-order valence-corrected chi connectivity index (χ0v) is 13.2. The molecule has 0 radical (unpaired) electrons. The number of carbonyl (C=O) groups excluding carboxylic acids is 2. The highest BCUT2D eigenvalue weighted by Gasteiger charge is 2.15. The lowest BCUT2D eigenvalue weighted by atomic mass is 10.1. The summed E-state index contributed by atoms with van der Waals surface area (Å²) in [5.41, 5.74) is 0. The van der Waals surface area contributed by atoms with Gasteiger partial charge < -0.3 is 4.90 Å². The average Bonchev–Trinajstić information content (AvgIpc) is 2.43. The van der Waals surface area contributed by atoms with Crippen molar-refractivity contribution in [3.63, 3.8) is 0 Å². The Balaban J connectivity index is 0.000000200. The first kappa shape index (κ1) is 17.3. The summed E-state index contributed by atoms with van der Waals surface area (Å²) in [6, 6.07) is 0. The summed E-state index contributed by atoms with van der Waals surface area (Å²) in [4.78, 5) is 26.3. The van der Waals surface area contributed by atoms with Crippen molar-refractivity contribution in [2.75, 3.05) is 39.3 Å². The van der Waals surface area contributed by atoms with Crippen LogP contribution in [-0.4, -0.2) is 60.6 Å². The molecule has 20 heavy (non-hydrogen) atoms. The second-order valence-electron chi connectivity index (χ2n) is 5.80. The summed E-state index contributed by atoms with van der Waals surface area (Å²) < 4.78 is 0. The maximum absolute atomic E-state index is 10.9. The number of rotatable bonds is 4. The summed E-state index contributed by atoms with van der Waals surface area (Å²) in [6.45, 7) is 10.4. The Kier molecular flexibility index (Phi) is 8.70. The first-order chi connectivity index (χ1) is 9.65. The molecule has 0 spiro atoms. The molecule has 0 aromatic heterocycles. The Morgan fingerprint density at radius 2 is 1.40 bits per heavy atom. The molecule has 2 fully saturated rings. The smallest absolute Gasteiger partial charge is 0.146 e. The topological polar surface area (TPSA) is 40.6 Å². The van der Waals surface area contributed by atoms with Gasteiger partial charge in [0.1, 0.15) is 11.6 Å². The van der Waals surface area contributed by atoms with Crippen LogP contribution in [0.3, 0.4) is 0 Å². The number of ketones is 2. The van der Waals surface area contributed by atoms with Gasteiger partial charge in [-0.25, -0.2) is 0 Å². The van der Waals surface area contributed by atoms with Crippen molar-refractivity contribution < 1.29 is 9.59 Å². The van der Waals surface area contributed by atoms with Crippen LogP contribution < -0.4 is 0 Å². The van der Waals surface area contributed by atoms with E-state index < -0.39 is 0 Å². The minimum Gasteiger partial charge on any atom is -0.302 e. The van der Waals surface area contributed by atoms with E-state index in [2.05, 4.69) is 23.6 Å². The molecule has 2 rings (SSSR count). The third-order valence-corrected chi connectivity index (χ3v) is 3.82. The van der Waals surface area contributed by atoms with Crippen molar-refractivity contribution in [2.45, 2.75) is 52.4 Å². The Morgan fingerprint density at radius 3 is 1.95 bits per heavy atom. The number of hydrogen-bond donors (Lipinski definition) is 0. The highest BCUT2D eigenvalue weighted by Crippen LogP contribution is 2.06. The van der Waals surface area contributed by atoms with Crippen LogP contribution in [0, 0.1) is 0 Å². The molecule has 116 valence electrons. The lowest BCUT2D eigenvalue weighted by Gasteiger charge is -2.24. The molecule has 0 N–H and O–H groups in total. The Bertz CT molecular complexity index is 293. The molecule has 2 aliphatic rings. The van der Waals surface area contributed by atoms with Gasteiger partial charge in [-0.1, -0.05) is 13.8 Å². The minimum absolute atomic E-state index is 0.416. The van der Waals surface area contributed by atoms with Crippen molar-refractivity contribution in [1.29, 1.82) is 0 Å². The molecule has 4 heteroatoms. The first-order valence-corrected chi connectivity index (χ1v) is 8.13. The molecule has 2 aliphatic heterocycles. The van der Waals surface area contributed by atoms with Crippen molar-refractivity contribution in [2.24, 2.45) is 0 Å². The quantitative estimate of drug-likeness (QED) is 0.792. The normalized spacial score (nSPS) is 21.5. The van der Waals surface area contributed by atoms with E-state index in [0.29, 0.717) is 18.1 Å². The van der Waals surface area contributed by atoms with Crippen LogP contribution in [0.1, 0.15) is 52.4 Å². The van der Waals surface area contributed by atoms with E-state index in [-0.39, 0.29) is 0 Å². The summed E-state index contributed by atoms with van der Waals surface area (Å²) in [5, 5.41) is 0. The third-order valence-electron chi connectivity index (χ3n) is 3.82. The van der Waals surface area contributed by atoms with Gasteiger partial charge >= 0.3 is 0 Å². The van der Waals surface area contributed by atoms with E-state index in [9.17, 15) is 9.59 Å². The van der Waals surface area contributed by atoms with E-state index >= 15 is 0 Å². The molecule has 4 nitrogen and oxygen atoms in total. The lowest BCUT2D eigenvalue weighted by molar-refractivity contribution is -0.122. The average molecular weight is 282 g/mol.